The molecule has 4 atom stereocenters. The van der Waals surface area contributed by atoms with Crippen LogP contribution in [0.5, 0.6) is 0 Å². The van der Waals surface area contributed by atoms with Crippen molar-refractivity contribution in [2.45, 2.75) is 34.7 Å². The number of carbonyl (C=O) groups is 2. The van der Waals surface area contributed by atoms with Gasteiger partial charge in [0.25, 0.3) is 11.8 Å². The molecule has 6 heterocycles. The maximum atomic E-state index is 14.8. The number of rotatable bonds is 2. The number of para-hydroxylation sites is 3. The summed E-state index contributed by atoms with van der Waals surface area (Å²) in [6, 6.07) is 26.9. The Morgan fingerprint density at radius 2 is 1.62 bits per heavy atom. The second-order valence-electron chi connectivity index (χ2n) is 10.8. The van der Waals surface area contributed by atoms with Crippen LogP contribution in [-0.2, 0) is 15.0 Å². The van der Waals surface area contributed by atoms with E-state index in [-0.39, 0.29) is 11.8 Å². The van der Waals surface area contributed by atoms with Crippen LogP contribution in [0.1, 0.15) is 24.5 Å². The molecule has 9 heteroatoms. The lowest BCUT2D eigenvalue weighted by Gasteiger charge is -2.51. The lowest BCUT2D eigenvalue weighted by molar-refractivity contribution is -0.163. The molecule has 39 heavy (non-hydrogen) atoms. The Morgan fingerprint density at radius 1 is 0.897 bits per heavy atom. The monoisotopic (exact) mass is 568 g/mol. The minimum atomic E-state index is -1.16. The van der Waals surface area contributed by atoms with E-state index in [1.54, 1.807) is 11.9 Å². The Balaban J connectivity index is 1.51. The summed E-state index contributed by atoms with van der Waals surface area (Å²) in [5.74, 6) is -0.150. The Morgan fingerprint density at radius 3 is 2.44 bits per heavy atom. The molecule has 4 fully saturated rings. The molecule has 2 bridgehead atoms. The van der Waals surface area contributed by atoms with Crippen molar-refractivity contribution in [1.29, 1.82) is 0 Å². The topological polar surface area (TPSA) is 59.7 Å². The van der Waals surface area contributed by atoms with Crippen molar-refractivity contribution in [2.75, 3.05) is 11.9 Å². The maximum absolute atomic E-state index is 14.8. The van der Waals surface area contributed by atoms with E-state index in [0.29, 0.717) is 9.95 Å². The van der Waals surface area contributed by atoms with Gasteiger partial charge in [-0.05, 0) is 42.3 Å². The highest BCUT2D eigenvalue weighted by Gasteiger charge is 2.77. The number of anilines is 2. The largest absolute Gasteiger partial charge is 0.361 e. The van der Waals surface area contributed by atoms with Crippen molar-refractivity contribution in [2.24, 2.45) is 0 Å². The van der Waals surface area contributed by atoms with Gasteiger partial charge in [-0.2, -0.15) is 0 Å². The SMILES string of the molecule is CN1C(=O)[C@@]23CC4(c5c[nH]c6ccccc56)c5ccccc5N(c5ccccc5)C4N2C(=O)C1(C)SC(=S)S3. The molecule has 0 saturated carbocycles. The molecule has 9 rings (SSSR count). The fourth-order valence-corrected chi connectivity index (χ4v) is 11.0. The summed E-state index contributed by atoms with van der Waals surface area (Å²) < 4.78 is 0.625. The smallest absolute Gasteiger partial charge is 0.262 e. The number of piperazine rings is 1. The van der Waals surface area contributed by atoms with Gasteiger partial charge in [0.1, 0.15) is 9.69 Å². The predicted octanol–water partition coefficient (Wildman–Crippen LogP) is 5.81. The van der Waals surface area contributed by atoms with E-state index >= 15 is 0 Å². The average molecular weight is 569 g/mol. The van der Waals surface area contributed by atoms with E-state index in [4.69, 9.17) is 12.2 Å². The van der Waals surface area contributed by atoms with Crippen LogP contribution in [0.15, 0.2) is 85.1 Å². The zero-order chi connectivity index (χ0) is 26.7. The number of hydrogen-bond donors (Lipinski definition) is 1. The van der Waals surface area contributed by atoms with Gasteiger partial charge in [0.2, 0.25) is 0 Å². The molecule has 5 aliphatic rings. The fraction of sp³-hybridized carbons (Fsp3) is 0.233. The highest BCUT2D eigenvalue weighted by molar-refractivity contribution is 8.48. The molecule has 2 amide bonds. The van der Waals surface area contributed by atoms with Gasteiger partial charge >= 0.3 is 0 Å². The molecular formula is C30H24N4O2S3. The lowest BCUT2D eigenvalue weighted by atomic mass is 9.72. The second kappa shape index (κ2) is 7.68. The van der Waals surface area contributed by atoms with Gasteiger partial charge in [0.05, 0.1) is 5.41 Å². The number of benzene rings is 3. The molecule has 3 aromatic carbocycles. The summed E-state index contributed by atoms with van der Waals surface area (Å²) in [6.45, 7) is 1.83. The molecule has 194 valence electrons. The number of thioether (sulfide) groups is 2. The third-order valence-corrected chi connectivity index (χ3v) is 12.0. The summed E-state index contributed by atoms with van der Waals surface area (Å²) >= 11 is 8.53. The number of nitrogens with one attached hydrogen (secondary N) is 1. The minimum Gasteiger partial charge on any atom is -0.361 e. The predicted molar refractivity (Wildman–Crippen MR) is 161 cm³/mol. The van der Waals surface area contributed by atoms with Crippen LogP contribution in [0, 0.1) is 0 Å². The van der Waals surface area contributed by atoms with Crippen molar-refractivity contribution in [3.63, 3.8) is 0 Å². The zero-order valence-electron chi connectivity index (χ0n) is 21.3. The number of hydrogen-bond acceptors (Lipinski definition) is 6. The first-order chi connectivity index (χ1) is 18.8. The van der Waals surface area contributed by atoms with Gasteiger partial charge in [0.15, 0.2) is 9.74 Å². The van der Waals surface area contributed by atoms with Crippen LogP contribution in [-0.4, -0.2) is 53.1 Å². The van der Waals surface area contributed by atoms with Crippen LogP contribution in [0.4, 0.5) is 11.4 Å². The van der Waals surface area contributed by atoms with Crippen LogP contribution in [0.2, 0.25) is 0 Å². The van der Waals surface area contributed by atoms with Crippen molar-refractivity contribution in [1.82, 2.24) is 14.8 Å². The summed E-state index contributed by atoms with van der Waals surface area (Å²) in [6.07, 6.45) is 2.04. The van der Waals surface area contributed by atoms with E-state index < -0.39 is 21.3 Å². The molecule has 1 spiro atoms. The van der Waals surface area contributed by atoms with Gasteiger partial charge in [-0.15, -0.1) is 0 Å². The highest BCUT2D eigenvalue weighted by atomic mass is 32.2. The number of H-pyrrole nitrogens is 1. The Labute approximate surface area is 239 Å². The number of aromatic amines is 1. The molecule has 3 unspecified atom stereocenters. The molecule has 0 radical (unpaired) electrons. The zero-order valence-corrected chi connectivity index (χ0v) is 23.7. The van der Waals surface area contributed by atoms with Crippen LogP contribution in [0.25, 0.3) is 10.9 Å². The fourth-order valence-electron chi connectivity index (χ4n) is 7.26. The number of aromatic nitrogens is 1. The molecule has 1 N–H and O–H groups in total. The van der Waals surface area contributed by atoms with Crippen LogP contribution in [0.3, 0.4) is 0 Å². The molecule has 6 nitrogen and oxygen atoms in total. The molecule has 0 aliphatic carbocycles. The molecule has 4 saturated heterocycles. The third-order valence-electron chi connectivity index (χ3n) is 9.01. The molecule has 4 aromatic rings. The third kappa shape index (κ3) is 2.68. The average Bonchev–Trinajstić information content (AvgIpc) is 3.55. The lowest BCUT2D eigenvalue weighted by Crippen LogP contribution is -2.72. The number of fused-ring (bicyclic) bond motifs is 7. The standard InChI is InChI=1S/C30H24N4O2S3/c1-28-25(35)34-24-29(21-16-31-22-14-8-6-12-19(21)22,17-30(34,26(36)32(28)2)39-27(37)38-28)20-13-7-9-15-23(20)33(24)18-10-4-3-5-11-18/h3-16,24,31H,17H2,1-2H3/t24?,28?,29?,30-/m0/s1. The maximum Gasteiger partial charge on any atom is 0.262 e. The highest BCUT2D eigenvalue weighted by Crippen LogP contribution is 2.69. The summed E-state index contributed by atoms with van der Waals surface area (Å²) in [5.41, 5.74) is 4.57. The first-order valence-electron chi connectivity index (χ1n) is 12.9. The van der Waals surface area contributed by atoms with E-state index in [1.807, 2.05) is 48.2 Å². The van der Waals surface area contributed by atoms with Gasteiger partial charge in [-0.25, -0.2) is 0 Å². The van der Waals surface area contributed by atoms with Crippen LogP contribution >= 0.6 is 35.7 Å². The quantitative estimate of drug-likeness (QED) is 0.308. The van der Waals surface area contributed by atoms with Crippen molar-refractivity contribution in [3.05, 3.63) is 96.2 Å². The number of nitrogens with zero attached hydrogens (tertiary/aromatic N) is 3. The normalized spacial score (nSPS) is 31.1. The van der Waals surface area contributed by atoms with Gasteiger partial charge in [-0.1, -0.05) is 90.3 Å². The Kier molecular flexibility index (Phi) is 4.65. The molecule has 1 aromatic heterocycles. The molecular weight excluding hydrogens is 545 g/mol. The van der Waals surface area contributed by atoms with Crippen molar-refractivity contribution >= 4 is 73.4 Å². The number of carbonyl (C=O) groups excluding carboxylic acids is 2. The summed E-state index contributed by atoms with van der Waals surface area (Å²) in [4.78, 5) is 36.3. The first-order valence-corrected chi connectivity index (χ1v) is 14.9. The van der Waals surface area contributed by atoms with E-state index in [2.05, 4.69) is 58.5 Å². The number of amides is 2. The van der Waals surface area contributed by atoms with E-state index in [1.165, 1.54) is 23.5 Å². The van der Waals surface area contributed by atoms with E-state index in [9.17, 15) is 9.59 Å². The first kappa shape index (κ1) is 23.6. The Hall–Kier alpha value is -3.27. The molecule has 5 aliphatic heterocycles. The Bertz CT molecular complexity index is 1740. The van der Waals surface area contributed by atoms with Crippen molar-refractivity contribution in [3.8, 4) is 0 Å². The number of likely N-dealkylation sites (N-methyl/N-ethyl adjacent to an activating group) is 1. The van der Waals surface area contributed by atoms with E-state index in [0.717, 1.165) is 33.4 Å². The number of thiocarbonyl (C=S) groups is 1. The van der Waals surface area contributed by atoms with Gasteiger partial charge in [0, 0.05) is 41.9 Å². The second-order valence-corrected chi connectivity index (χ2v) is 14.6. The summed E-state index contributed by atoms with van der Waals surface area (Å²) in [7, 11) is 1.75. The van der Waals surface area contributed by atoms with Crippen molar-refractivity contribution < 1.29 is 9.59 Å². The minimum absolute atomic E-state index is 0.0685. The summed E-state index contributed by atoms with van der Waals surface area (Å²) in [5, 5.41) is 1.09. The van der Waals surface area contributed by atoms with Crippen LogP contribution < -0.4 is 4.90 Å². The van der Waals surface area contributed by atoms with Gasteiger partial charge < -0.3 is 14.8 Å². The van der Waals surface area contributed by atoms with Gasteiger partial charge in [-0.3, -0.25) is 14.5 Å².